The van der Waals surface area contributed by atoms with Gasteiger partial charge < -0.3 is 10.2 Å². The van der Waals surface area contributed by atoms with Gasteiger partial charge in [-0.3, -0.25) is 14.4 Å². The first-order valence-corrected chi connectivity index (χ1v) is 13.9. The summed E-state index contributed by atoms with van der Waals surface area (Å²) in [5, 5.41) is 3.00. The molecule has 1 N–H and O–H groups in total. The lowest BCUT2D eigenvalue weighted by Crippen LogP contribution is -2.58. The maximum Gasteiger partial charge on any atom is 0.245 e. The summed E-state index contributed by atoms with van der Waals surface area (Å²) in [5.74, 6) is -0.257. The van der Waals surface area contributed by atoms with Crippen molar-refractivity contribution in [2.24, 2.45) is 23.7 Å². The molecular weight excluding hydrogens is 430 g/mol. The highest BCUT2D eigenvalue weighted by Gasteiger charge is 2.37. The van der Waals surface area contributed by atoms with Crippen molar-refractivity contribution in [1.82, 2.24) is 14.5 Å². The number of hydrogen-bond acceptors (Lipinski definition) is 4. The van der Waals surface area contributed by atoms with Crippen LogP contribution in [-0.4, -0.2) is 65.3 Å². The number of hydrogen-bond donors (Lipinski definition) is 1. The number of amides is 2. The Kier molecular flexibility index (Phi) is 13.3. The average Bonchev–Trinajstić information content (AvgIpc) is 2.67. The third-order valence-corrected chi connectivity index (χ3v) is 7.63. The first kappa shape index (κ1) is 30.1. The van der Waals surface area contributed by atoms with E-state index >= 15 is 0 Å². The van der Waals surface area contributed by atoms with Gasteiger partial charge in [-0.15, -0.1) is 0 Å². The summed E-state index contributed by atoms with van der Waals surface area (Å²) in [4.78, 5) is 41.1. The Morgan fingerprint density at radius 3 is 1.87 bits per heavy atom. The molecule has 0 bridgehead atoms. The van der Waals surface area contributed by atoms with Gasteiger partial charge in [0, 0.05) is 19.2 Å². The van der Waals surface area contributed by atoms with Crippen molar-refractivity contribution in [1.29, 1.82) is 0 Å². The zero-order chi connectivity index (χ0) is 24.6. The zero-order valence-corrected chi connectivity index (χ0v) is 23.0. The molecule has 0 aliphatic carbocycles. The van der Waals surface area contributed by atoms with E-state index in [4.69, 9.17) is 11.2 Å². The molecule has 0 rings (SSSR count). The van der Waals surface area contributed by atoms with E-state index in [1.54, 1.807) is 11.9 Å². The minimum Gasteiger partial charge on any atom is -0.343 e. The molecule has 0 radical (unpaired) electrons. The molecule has 0 aromatic heterocycles. The fraction of sp³-hybridized carbons (Fsp3) is 0.870. The van der Waals surface area contributed by atoms with Crippen LogP contribution in [0.25, 0.3) is 0 Å². The molecule has 2 amide bonds. The van der Waals surface area contributed by atoms with Gasteiger partial charge in [0.2, 0.25) is 11.8 Å². The summed E-state index contributed by atoms with van der Waals surface area (Å²) in [6.07, 6.45) is 3.34. The van der Waals surface area contributed by atoms with Crippen LogP contribution >= 0.6 is 0 Å². The Balaban J connectivity index is 5.83. The van der Waals surface area contributed by atoms with Crippen molar-refractivity contribution < 1.29 is 14.4 Å². The third-order valence-electron chi connectivity index (χ3n) is 5.89. The largest absolute Gasteiger partial charge is 0.343 e. The average molecular weight is 476 g/mol. The van der Waals surface area contributed by atoms with Gasteiger partial charge in [-0.05, 0) is 42.4 Å². The zero-order valence-electron chi connectivity index (χ0n) is 21.4. The van der Waals surface area contributed by atoms with Crippen molar-refractivity contribution in [2.45, 2.75) is 86.4 Å². The summed E-state index contributed by atoms with van der Waals surface area (Å²) in [6, 6.07) is -1.59. The quantitative estimate of drug-likeness (QED) is 0.443. The number of likely N-dealkylation sites (N-methyl/N-ethyl adjacent to an activating group) is 2. The Labute approximate surface area is 197 Å². The van der Waals surface area contributed by atoms with Crippen molar-refractivity contribution in [3.63, 3.8) is 0 Å². The molecule has 1 unspecified atom stereocenters. The molecule has 0 aliphatic rings. The van der Waals surface area contributed by atoms with Crippen LogP contribution in [0.2, 0.25) is 0 Å². The summed E-state index contributed by atoms with van der Waals surface area (Å²) in [5.41, 5.74) is 0. The van der Waals surface area contributed by atoms with E-state index < -0.39 is 27.8 Å². The van der Waals surface area contributed by atoms with Gasteiger partial charge in [0.1, 0.15) is 12.1 Å². The summed E-state index contributed by atoms with van der Waals surface area (Å²) in [6.45, 7) is 15.7. The van der Waals surface area contributed by atoms with Crippen LogP contribution in [0.3, 0.4) is 0 Å². The Morgan fingerprint density at radius 2 is 1.52 bits per heavy atom. The normalized spacial score (nSPS) is 16.9. The van der Waals surface area contributed by atoms with Crippen molar-refractivity contribution in [2.75, 3.05) is 20.4 Å². The van der Waals surface area contributed by atoms with Crippen molar-refractivity contribution in [3.8, 4) is 0 Å². The number of rotatable bonds is 13. The molecule has 5 atom stereocenters. The monoisotopic (exact) mass is 475 g/mol. The Bertz CT molecular complexity index is 638. The van der Waals surface area contributed by atoms with E-state index in [9.17, 15) is 14.4 Å². The predicted molar refractivity (Wildman–Crippen MR) is 134 cm³/mol. The Hall–Kier alpha value is -0.860. The molecule has 0 aromatic carbocycles. The molecule has 182 valence electrons. The molecule has 0 fully saturated rings. The van der Waals surface area contributed by atoms with Crippen molar-refractivity contribution >= 4 is 38.4 Å². The lowest BCUT2D eigenvalue weighted by molar-refractivity contribution is -0.144. The molecule has 0 heterocycles. The van der Waals surface area contributed by atoms with Gasteiger partial charge in [0.05, 0.1) is 6.04 Å². The Morgan fingerprint density at radius 1 is 1.00 bits per heavy atom. The van der Waals surface area contributed by atoms with E-state index in [-0.39, 0.29) is 41.3 Å². The second-order valence-corrected chi connectivity index (χ2v) is 12.6. The summed E-state index contributed by atoms with van der Waals surface area (Å²) >= 11 is 5.41. The molecule has 0 spiro atoms. The van der Waals surface area contributed by atoms with Crippen LogP contribution in [0.1, 0.15) is 68.2 Å². The highest BCUT2D eigenvalue weighted by Crippen LogP contribution is 2.20. The fourth-order valence-corrected chi connectivity index (χ4v) is 4.49. The molecule has 0 aliphatic heterocycles. The number of ketones is 1. The van der Waals surface area contributed by atoms with Gasteiger partial charge in [-0.2, -0.15) is 0 Å². The van der Waals surface area contributed by atoms with Gasteiger partial charge in [0.15, 0.2) is 5.78 Å². The number of Topliss-reactive ketones (excluding diaryl/α,β-unsaturated/α-hetero) is 1. The topological polar surface area (TPSA) is 69.7 Å². The minimum atomic E-state index is -0.698. The van der Waals surface area contributed by atoms with E-state index in [1.165, 1.54) is 0 Å². The number of carbonyl (C=O) groups excluding carboxylic acids is 3. The van der Waals surface area contributed by atoms with Gasteiger partial charge in [-0.1, -0.05) is 71.5 Å². The van der Waals surface area contributed by atoms with E-state index in [1.807, 2.05) is 73.0 Å². The first-order valence-electron chi connectivity index (χ1n) is 11.3. The second kappa shape index (κ2) is 13.6. The summed E-state index contributed by atoms with van der Waals surface area (Å²) < 4.78 is 1.91. The van der Waals surface area contributed by atoms with Crippen LogP contribution in [0.5, 0.6) is 0 Å². The predicted octanol–water partition coefficient (Wildman–Crippen LogP) is 3.20. The van der Waals surface area contributed by atoms with Crippen LogP contribution in [-0.2, 0) is 35.2 Å². The molecule has 8 heteroatoms. The number of nitrogens with one attached hydrogen (secondary N) is 1. The maximum absolute atomic E-state index is 13.5. The lowest BCUT2D eigenvalue weighted by atomic mass is 9.91. The van der Waals surface area contributed by atoms with E-state index in [0.717, 1.165) is 6.42 Å². The van der Waals surface area contributed by atoms with Gasteiger partial charge in [0.25, 0.3) is 0 Å². The van der Waals surface area contributed by atoms with Crippen molar-refractivity contribution in [3.05, 3.63) is 0 Å². The standard InChI is InChI=1S/C23H45N3O3S2/c1-12-17(8)20(26(10)31(11)30)22(28)24-19(15(4)5)23(29)25(9)18(13-14(2)3)21(27)16(6)7/h14-20H,12-13H2,1-11H3,(H,24,28)/t17-,18-,19-,20-,31?/m0/s1. The fourth-order valence-electron chi connectivity index (χ4n) is 3.59. The molecule has 0 saturated carbocycles. The van der Waals surface area contributed by atoms with Gasteiger partial charge in [-0.25, -0.2) is 4.31 Å². The van der Waals surface area contributed by atoms with Crippen LogP contribution in [0.15, 0.2) is 0 Å². The number of nitrogens with zero attached hydrogens (tertiary/aromatic N) is 2. The first-order chi connectivity index (χ1) is 14.2. The lowest BCUT2D eigenvalue weighted by Gasteiger charge is -2.36. The van der Waals surface area contributed by atoms with E-state index in [0.29, 0.717) is 6.42 Å². The molecule has 0 aromatic rings. The SMILES string of the molecule is CC[C@H](C)[C@@H](C(=O)N[C@H](C(=O)N(C)[C@@H](CC(C)C)C(=O)C(C)C)C(C)C)N(C)S(C)=S. The van der Waals surface area contributed by atoms with Crippen LogP contribution in [0, 0.1) is 23.7 Å². The molecular formula is C23H45N3O3S2. The second-order valence-electron chi connectivity index (χ2n) is 9.68. The smallest absolute Gasteiger partial charge is 0.245 e. The minimum absolute atomic E-state index is 0.0525. The number of carbonyl (C=O) groups is 3. The maximum atomic E-state index is 13.5. The highest BCUT2D eigenvalue weighted by atomic mass is 32.8. The molecule has 31 heavy (non-hydrogen) atoms. The molecule has 6 nitrogen and oxygen atoms in total. The summed E-state index contributed by atoms with van der Waals surface area (Å²) in [7, 11) is 3.06. The third kappa shape index (κ3) is 8.89. The van der Waals surface area contributed by atoms with Crippen LogP contribution in [0.4, 0.5) is 0 Å². The van der Waals surface area contributed by atoms with Crippen LogP contribution < -0.4 is 5.32 Å². The highest BCUT2D eigenvalue weighted by molar-refractivity contribution is 8.27. The molecule has 0 saturated heterocycles. The van der Waals surface area contributed by atoms with E-state index in [2.05, 4.69) is 5.32 Å². The van der Waals surface area contributed by atoms with Gasteiger partial charge >= 0.3 is 0 Å².